The van der Waals surface area contributed by atoms with E-state index in [2.05, 4.69) is 4.99 Å². The average molecular weight is 379 g/mol. The third kappa shape index (κ3) is 3.81. The van der Waals surface area contributed by atoms with Crippen molar-refractivity contribution in [3.05, 3.63) is 63.7 Å². The summed E-state index contributed by atoms with van der Waals surface area (Å²) in [6.07, 6.45) is 0. The van der Waals surface area contributed by atoms with Gasteiger partial charge in [0.1, 0.15) is 5.82 Å². The van der Waals surface area contributed by atoms with Crippen LogP contribution in [0.25, 0.3) is 10.2 Å². The van der Waals surface area contributed by atoms with Gasteiger partial charge in [-0.2, -0.15) is 4.99 Å². The summed E-state index contributed by atoms with van der Waals surface area (Å²) in [5, 5.41) is 0.0516. The molecule has 0 saturated carbocycles. The third-order valence-corrected chi connectivity index (χ3v) is 5.00. The minimum Gasteiger partial charge on any atom is -0.380 e. The summed E-state index contributed by atoms with van der Waals surface area (Å²) in [4.78, 5) is 17.1. The Hall–Kier alpha value is -2.02. The van der Waals surface area contributed by atoms with Crippen LogP contribution in [0, 0.1) is 5.82 Å². The molecule has 1 heterocycles. The van der Waals surface area contributed by atoms with E-state index in [0.717, 1.165) is 10.2 Å². The second-order valence-electron chi connectivity index (χ2n) is 5.21. The van der Waals surface area contributed by atoms with E-state index in [1.165, 1.54) is 29.5 Å². The molecule has 0 aliphatic carbocycles. The molecule has 0 fully saturated rings. The summed E-state index contributed by atoms with van der Waals surface area (Å²) < 4.78 is 22.3. The number of rotatable bonds is 5. The summed E-state index contributed by atoms with van der Waals surface area (Å²) in [5.41, 5.74) is 0.747. The summed E-state index contributed by atoms with van der Waals surface area (Å²) in [6, 6.07) is 11.9. The van der Waals surface area contributed by atoms with Crippen molar-refractivity contribution in [2.75, 3.05) is 13.2 Å². The molecule has 7 heteroatoms. The average Bonchev–Trinajstić information content (AvgIpc) is 2.92. The topological polar surface area (TPSA) is 43.6 Å². The van der Waals surface area contributed by atoms with Crippen molar-refractivity contribution in [1.82, 2.24) is 4.57 Å². The van der Waals surface area contributed by atoms with Crippen molar-refractivity contribution >= 4 is 39.1 Å². The van der Waals surface area contributed by atoms with Gasteiger partial charge in [0.15, 0.2) is 4.80 Å². The van der Waals surface area contributed by atoms with Crippen molar-refractivity contribution in [2.45, 2.75) is 13.5 Å². The molecule has 0 unspecified atom stereocenters. The second kappa shape index (κ2) is 7.91. The van der Waals surface area contributed by atoms with E-state index >= 15 is 0 Å². The number of amides is 1. The molecule has 0 saturated heterocycles. The van der Waals surface area contributed by atoms with Crippen molar-refractivity contribution in [2.24, 2.45) is 4.99 Å². The van der Waals surface area contributed by atoms with E-state index in [1.807, 2.05) is 35.8 Å². The first-order valence-electron chi connectivity index (χ1n) is 7.81. The van der Waals surface area contributed by atoms with Crippen LogP contribution in [0.5, 0.6) is 0 Å². The lowest BCUT2D eigenvalue weighted by molar-refractivity contribution is 0.0993. The third-order valence-electron chi connectivity index (χ3n) is 3.63. The van der Waals surface area contributed by atoms with Gasteiger partial charge in [-0.25, -0.2) is 4.39 Å². The number of hydrogen-bond acceptors (Lipinski definition) is 3. The van der Waals surface area contributed by atoms with Gasteiger partial charge in [0.2, 0.25) is 0 Å². The number of ether oxygens (including phenoxy) is 1. The number of para-hydroxylation sites is 1. The largest absolute Gasteiger partial charge is 0.380 e. The number of hydrogen-bond donors (Lipinski definition) is 0. The summed E-state index contributed by atoms with van der Waals surface area (Å²) in [6.45, 7) is 3.58. The molecule has 25 heavy (non-hydrogen) atoms. The summed E-state index contributed by atoms with van der Waals surface area (Å²) in [5.74, 6) is -1.37. The zero-order valence-electron chi connectivity index (χ0n) is 13.5. The van der Waals surface area contributed by atoms with Gasteiger partial charge in [-0.3, -0.25) is 4.79 Å². The number of carbonyl (C=O) groups excluding carboxylic acids is 1. The zero-order valence-corrected chi connectivity index (χ0v) is 15.1. The highest BCUT2D eigenvalue weighted by atomic mass is 35.5. The highest BCUT2D eigenvalue weighted by Crippen LogP contribution is 2.21. The Labute approximate surface area is 153 Å². The van der Waals surface area contributed by atoms with E-state index in [9.17, 15) is 9.18 Å². The molecule has 130 valence electrons. The zero-order chi connectivity index (χ0) is 17.8. The molecule has 0 aliphatic heterocycles. The van der Waals surface area contributed by atoms with E-state index in [1.54, 1.807) is 0 Å². The lowest BCUT2D eigenvalue weighted by atomic mass is 10.2. The number of aromatic nitrogens is 1. The van der Waals surface area contributed by atoms with Crippen molar-refractivity contribution in [3.63, 3.8) is 0 Å². The maximum Gasteiger partial charge on any atom is 0.284 e. The number of benzene rings is 2. The fourth-order valence-corrected chi connectivity index (χ4v) is 3.77. The van der Waals surface area contributed by atoms with Crippen LogP contribution in [-0.2, 0) is 11.3 Å². The Balaban J connectivity index is 2.09. The normalized spacial score (nSPS) is 12.0. The van der Waals surface area contributed by atoms with Gasteiger partial charge < -0.3 is 9.30 Å². The maximum absolute atomic E-state index is 14.0. The quantitative estimate of drug-likeness (QED) is 0.622. The molecule has 0 atom stereocenters. The first-order chi connectivity index (χ1) is 12.1. The smallest absolute Gasteiger partial charge is 0.284 e. The number of halogens is 2. The second-order valence-corrected chi connectivity index (χ2v) is 6.63. The van der Waals surface area contributed by atoms with Gasteiger partial charge in [-0.1, -0.05) is 41.1 Å². The van der Waals surface area contributed by atoms with E-state index in [0.29, 0.717) is 24.6 Å². The van der Waals surface area contributed by atoms with Gasteiger partial charge in [-0.15, -0.1) is 0 Å². The van der Waals surface area contributed by atoms with Gasteiger partial charge in [0.05, 0.1) is 27.4 Å². The molecule has 0 bridgehead atoms. The predicted molar refractivity (Wildman–Crippen MR) is 97.6 cm³/mol. The van der Waals surface area contributed by atoms with Gasteiger partial charge in [0.25, 0.3) is 5.91 Å². The van der Waals surface area contributed by atoms with Crippen LogP contribution in [0.15, 0.2) is 47.5 Å². The van der Waals surface area contributed by atoms with Gasteiger partial charge >= 0.3 is 0 Å². The summed E-state index contributed by atoms with van der Waals surface area (Å²) in [7, 11) is 0. The van der Waals surface area contributed by atoms with Crippen molar-refractivity contribution < 1.29 is 13.9 Å². The Morgan fingerprint density at radius 2 is 2.08 bits per heavy atom. The highest BCUT2D eigenvalue weighted by Gasteiger charge is 2.16. The van der Waals surface area contributed by atoms with Crippen LogP contribution in [0.4, 0.5) is 4.39 Å². The molecule has 1 amide bonds. The van der Waals surface area contributed by atoms with E-state index in [4.69, 9.17) is 16.3 Å². The van der Waals surface area contributed by atoms with Crippen LogP contribution in [0.3, 0.4) is 0 Å². The number of carbonyl (C=O) groups is 1. The summed E-state index contributed by atoms with van der Waals surface area (Å²) >= 11 is 7.34. The molecule has 2 aromatic carbocycles. The molecule has 4 nitrogen and oxygen atoms in total. The Kier molecular flexibility index (Phi) is 5.63. The van der Waals surface area contributed by atoms with Crippen LogP contribution in [0.2, 0.25) is 5.02 Å². The number of fused-ring (bicyclic) bond motifs is 1. The van der Waals surface area contributed by atoms with Gasteiger partial charge in [0, 0.05) is 13.2 Å². The standard InChI is InChI=1S/C18H16ClFN2O2S/c1-2-24-11-10-22-14-8-3-4-9-15(14)25-18(22)21-17(23)16-12(19)6-5-7-13(16)20/h3-9H,2,10-11H2,1H3. The number of nitrogens with zero attached hydrogens (tertiary/aromatic N) is 2. The lowest BCUT2D eigenvalue weighted by Crippen LogP contribution is -2.20. The Morgan fingerprint density at radius 1 is 1.28 bits per heavy atom. The Bertz CT molecular complexity index is 960. The minimum absolute atomic E-state index is 0.0516. The first-order valence-corrected chi connectivity index (χ1v) is 9.00. The highest BCUT2D eigenvalue weighted by molar-refractivity contribution is 7.16. The fraction of sp³-hybridized carbons (Fsp3) is 0.222. The predicted octanol–water partition coefficient (Wildman–Crippen LogP) is 4.27. The maximum atomic E-state index is 14.0. The Morgan fingerprint density at radius 3 is 2.84 bits per heavy atom. The first kappa shape index (κ1) is 17.8. The molecule has 1 aromatic heterocycles. The molecule has 3 rings (SSSR count). The molecule has 0 spiro atoms. The van der Waals surface area contributed by atoms with Gasteiger partial charge in [-0.05, 0) is 31.2 Å². The van der Waals surface area contributed by atoms with Crippen molar-refractivity contribution in [1.29, 1.82) is 0 Å². The van der Waals surface area contributed by atoms with Crippen LogP contribution < -0.4 is 4.80 Å². The molecule has 0 aliphatic rings. The van der Waals surface area contributed by atoms with Crippen LogP contribution >= 0.6 is 22.9 Å². The molecular formula is C18H16ClFN2O2S. The molecule has 0 N–H and O–H groups in total. The molecular weight excluding hydrogens is 363 g/mol. The fourth-order valence-electron chi connectivity index (χ4n) is 2.47. The van der Waals surface area contributed by atoms with E-state index < -0.39 is 11.7 Å². The molecule has 0 radical (unpaired) electrons. The van der Waals surface area contributed by atoms with Crippen LogP contribution in [-0.4, -0.2) is 23.7 Å². The number of thiazole rings is 1. The SMILES string of the molecule is CCOCCn1c(=NC(=O)c2c(F)cccc2Cl)sc2ccccc21. The van der Waals surface area contributed by atoms with Crippen LogP contribution in [0.1, 0.15) is 17.3 Å². The monoisotopic (exact) mass is 378 g/mol. The van der Waals surface area contributed by atoms with Crippen molar-refractivity contribution in [3.8, 4) is 0 Å². The lowest BCUT2D eigenvalue weighted by Gasteiger charge is -2.05. The minimum atomic E-state index is -0.695. The molecule has 3 aromatic rings. The van der Waals surface area contributed by atoms with E-state index in [-0.39, 0.29) is 10.6 Å².